The summed E-state index contributed by atoms with van der Waals surface area (Å²) in [4.78, 5) is 12.4. The van der Waals surface area contributed by atoms with Crippen LogP contribution >= 0.6 is 11.6 Å². The van der Waals surface area contributed by atoms with E-state index in [-0.39, 0.29) is 5.91 Å². The number of hydrogen-bond donors (Lipinski definition) is 1. The fourth-order valence-electron chi connectivity index (χ4n) is 1.90. The van der Waals surface area contributed by atoms with Crippen molar-refractivity contribution in [2.45, 2.75) is 27.3 Å². The molecular formula is C15H18ClN3O2. The fraction of sp³-hybridized carbons (Fsp3) is 0.333. The maximum atomic E-state index is 12.4. The van der Waals surface area contributed by atoms with Crippen molar-refractivity contribution in [1.82, 2.24) is 9.78 Å². The number of anilines is 1. The lowest BCUT2D eigenvalue weighted by Crippen LogP contribution is -2.13. The zero-order valence-corrected chi connectivity index (χ0v) is 13.1. The van der Waals surface area contributed by atoms with Crippen LogP contribution in [0.2, 0.25) is 5.02 Å². The Kier molecular flexibility index (Phi) is 4.85. The number of halogens is 1. The molecule has 112 valence electrons. The zero-order valence-electron chi connectivity index (χ0n) is 12.3. The summed E-state index contributed by atoms with van der Waals surface area (Å²) in [5, 5.41) is 7.69. The van der Waals surface area contributed by atoms with E-state index in [0.717, 1.165) is 5.56 Å². The van der Waals surface area contributed by atoms with Crippen LogP contribution in [-0.2, 0) is 6.54 Å². The molecule has 2 rings (SSSR count). The van der Waals surface area contributed by atoms with E-state index in [1.54, 1.807) is 23.0 Å². The quantitative estimate of drug-likeness (QED) is 0.919. The Morgan fingerprint density at radius 1 is 1.43 bits per heavy atom. The van der Waals surface area contributed by atoms with Gasteiger partial charge >= 0.3 is 0 Å². The molecule has 21 heavy (non-hydrogen) atoms. The normalized spacial score (nSPS) is 10.5. The van der Waals surface area contributed by atoms with E-state index in [9.17, 15) is 4.79 Å². The van der Waals surface area contributed by atoms with Gasteiger partial charge in [0.2, 0.25) is 5.88 Å². The summed E-state index contributed by atoms with van der Waals surface area (Å²) < 4.78 is 7.08. The maximum Gasteiger partial charge on any atom is 0.262 e. The number of carbonyl (C=O) groups excluding carboxylic acids is 1. The molecule has 0 radical (unpaired) electrons. The summed E-state index contributed by atoms with van der Waals surface area (Å²) in [6.45, 7) is 6.79. The molecular weight excluding hydrogens is 290 g/mol. The van der Waals surface area contributed by atoms with Gasteiger partial charge in [0.15, 0.2) is 0 Å². The van der Waals surface area contributed by atoms with Crippen LogP contribution in [0.3, 0.4) is 0 Å². The third-order valence-electron chi connectivity index (χ3n) is 3.09. The van der Waals surface area contributed by atoms with E-state index in [1.807, 2.05) is 26.8 Å². The van der Waals surface area contributed by atoms with Gasteiger partial charge in [-0.2, -0.15) is 0 Å². The number of ether oxygens (including phenoxy) is 1. The average Bonchev–Trinajstić information content (AvgIpc) is 2.87. The Balaban J connectivity index is 2.27. The first-order chi connectivity index (χ1) is 10.1. The molecule has 2 aromatic rings. The van der Waals surface area contributed by atoms with Gasteiger partial charge in [-0.15, -0.1) is 5.10 Å². The van der Waals surface area contributed by atoms with Gasteiger partial charge in [-0.25, -0.2) is 0 Å². The van der Waals surface area contributed by atoms with E-state index in [4.69, 9.17) is 16.3 Å². The fourth-order valence-corrected chi connectivity index (χ4v) is 2.07. The highest BCUT2D eigenvalue weighted by Crippen LogP contribution is 2.24. The maximum absolute atomic E-state index is 12.4. The second-order valence-corrected chi connectivity index (χ2v) is 4.91. The van der Waals surface area contributed by atoms with Gasteiger partial charge in [0.25, 0.3) is 5.91 Å². The van der Waals surface area contributed by atoms with E-state index in [1.165, 1.54) is 0 Å². The van der Waals surface area contributed by atoms with Crippen molar-refractivity contribution < 1.29 is 9.53 Å². The zero-order chi connectivity index (χ0) is 15.4. The Morgan fingerprint density at radius 3 is 2.86 bits per heavy atom. The second-order valence-electron chi connectivity index (χ2n) is 4.50. The third kappa shape index (κ3) is 3.36. The summed E-state index contributed by atoms with van der Waals surface area (Å²) in [7, 11) is 0. The van der Waals surface area contributed by atoms with Gasteiger partial charge in [0.05, 0.1) is 6.61 Å². The third-order valence-corrected chi connectivity index (χ3v) is 3.50. The minimum absolute atomic E-state index is 0.261. The smallest absolute Gasteiger partial charge is 0.262 e. The molecule has 1 amide bonds. The molecule has 0 saturated carbocycles. The largest absolute Gasteiger partial charge is 0.476 e. The molecule has 0 aliphatic rings. The molecule has 1 heterocycles. The number of carbonyl (C=O) groups is 1. The second kappa shape index (κ2) is 6.63. The van der Waals surface area contributed by atoms with Crippen molar-refractivity contribution in [2.75, 3.05) is 11.9 Å². The molecule has 0 atom stereocenters. The molecule has 0 unspecified atom stereocenters. The Bertz CT molecular complexity index is 652. The van der Waals surface area contributed by atoms with Crippen molar-refractivity contribution >= 4 is 23.2 Å². The van der Waals surface area contributed by atoms with Gasteiger partial charge in [0, 0.05) is 23.5 Å². The number of benzene rings is 1. The van der Waals surface area contributed by atoms with Crippen LogP contribution in [-0.4, -0.2) is 22.3 Å². The van der Waals surface area contributed by atoms with Crippen LogP contribution in [0.15, 0.2) is 24.4 Å². The van der Waals surface area contributed by atoms with Gasteiger partial charge in [-0.05, 0) is 38.5 Å². The number of aryl methyl sites for hydroxylation is 1. The van der Waals surface area contributed by atoms with Crippen LogP contribution in [0.1, 0.15) is 29.8 Å². The van der Waals surface area contributed by atoms with E-state index < -0.39 is 0 Å². The number of hydrogen-bond acceptors (Lipinski definition) is 3. The van der Waals surface area contributed by atoms with Crippen LogP contribution in [0.4, 0.5) is 5.69 Å². The van der Waals surface area contributed by atoms with Crippen molar-refractivity contribution in [2.24, 2.45) is 0 Å². The molecule has 1 N–H and O–H groups in total. The van der Waals surface area contributed by atoms with Crippen LogP contribution in [0.25, 0.3) is 0 Å². The monoisotopic (exact) mass is 307 g/mol. The molecule has 0 fully saturated rings. The minimum atomic E-state index is -0.261. The average molecular weight is 308 g/mol. The molecule has 0 bridgehead atoms. The van der Waals surface area contributed by atoms with E-state index in [2.05, 4.69) is 10.4 Å². The van der Waals surface area contributed by atoms with Gasteiger partial charge < -0.3 is 10.1 Å². The molecule has 1 aromatic carbocycles. The molecule has 6 heteroatoms. The van der Waals surface area contributed by atoms with Crippen molar-refractivity contribution in [3.8, 4) is 5.88 Å². The molecule has 0 spiro atoms. The number of nitrogens with one attached hydrogen (secondary N) is 1. The highest BCUT2D eigenvalue weighted by Gasteiger charge is 2.18. The Hall–Kier alpha value is -2.01. The van der Waals surface area contributed by atoms with Crippen molar-refractivity contribution in [1.29, 1.82) is 0 Å². The first-order valence-corrected chi connectivity index (χ1v) is 7.21. The Labute approximate surface area is 128 Å². The Morgan fingerprint density at radius 2 is 2.19 bits per heavy atom. The SMILES string of the molecule is CCOc1nn(CC)cc1C(=O)Nc1cccc(Cl)c1C. The molecule has 0 aliphatic heterocycles. The number of nitrogens with zero attached hydrogens (tertiary/aromatic N) is 2. The molecule has 1 aromatic heterocycles. The van der Waals surface area contributed by atoms with Crippen LogP contribution in [0.5, 0.6) is 5.88 Å². The predicted octanol–water partition coefficient (Wildman–Crippen LogP) is 3.52. The number of rotatable bonds is 5. The van der Waals surface area contributed by atoms with Crippen LogP contribution < -0.4 is 10.1 Å². The van der Waals surface area contributed by atoms with Gasteiger partial charge in [0.1, 0.15) is 5.56 Å². The van der Waals surface area contributed by atoms with Crippen LogP contribution in [0, 0.1) is 6.92 Å². The number of aromatic nitrogens is 2. The molecule has 5 nitrogen and oxygen atoms in total. The topological polar surface area (TPSA) is 56.2 Å². The van der Waals surface area contributed by atoms with E-state index in [0.29, 0.717) is 35.3 Å². The lowest BCUT2D eigenvalue weighted by molar-refractivity contribution is 0.102. The molecule has 0 aliphatic carbocycles. The minimum Gasteiger partial charge on any atom is -0.476 e. The summed E-state index contributed by atoms with van der Waals surface area (Å²) in [5.41, 5.74) is 1.92. The number of amides is 1. The first kappa shape index (κ1) is 15.4. The highest BCUT2D eigenvalue weighted by atomic mass is 35.5. The predicted molar refractivity (Wildman–Crippen MR) is 83.2 cm³/mol. The standard InChI is InChI=1S/C15H18ClN3O2/c1-4-19-9-11(15(18-19)21-5-2)14(20)17-13-8-6-7-12(16)10(13)3/h6-9H,4-5H2,1-3H3,(H,17,20). The van der Waals surface area contributed by atoms with Crippen molar-refractivity contribution in [3.05, 3.63) is 40.5 Å². The lowest BCUT2D eigenvalue weighted by atomic mass is 10.2. The van der Waals surface area contributed by atoms with Gasteiger partial charge in [-0.1, -0.05) is 17.7 Å². The molecule has 0 saturated heterocycles. The summed E-state index contributed by atoms with van der Waals surface area (Å²) in [6, 6.07) is 5.39. The summed E-state index contributed by atoms with van der Waals surface area (Å²) in [6.07, 6.45) is 1.68. The van der Waals surface area contributed by atoms with Gasteiger partial charge in [-0.3, -0.25) is 9.48 Å². The van der Waals surface area contributed by atoms with Crippen molar-refractivity contribution in [3.63, 3.8) is 0 Å². The highest BCUT2D eigenvalue weighted by molar-refractivity contribution is 6.31. The van der Waals surface area contributed by atoms with E-state index >= 15 is 0 Å². The summed E-state index contributed by atoms with van der Waals surface area (Å²) in [5.74, 6) is 0.0834. The first-order valence-electron chi connectivity index (χ1n) is 6.83. The lowest BCUT2D eigenvalue weighted by Gasteiger charge is -2.09. The summed E-state index contributed by atoms with van der Waals surface area (Å²) >= 11 is 6.06.